The second-order valence-corrected chi connectivity index (χ2v) is 8.07. The predicted molar refractivity (Wildman–Crippen MR) is 130 cm³/mol. The zero-order chi connectivity index (χ0) is 24.1. The smallest absolute Gasteiger partial charge is 0.263 e. The molecule has 176 valence electrons. The van der Waals surface area contributed by atoms with E-state index in [9.17, 15) is 9.59 Å². The van der Waals surface area contributed by atoms with Gasteiger partial charge in [-0.05, 0) is 49.2 Å². The highest BCUT2D eigenvalue weighted by Gasteiger charge is 2.28. The maximum Gasteiger partial charge on any atom is 0.263 e. The van der Waals surface area contributed by atoms with Crippen LogP contribution in [0.2, 0.25) is 0 Å². The van der Waals surface area contributed by atoms with E-state index < -0.39 is 6.10 Å². The number of nitrogens with zero attached hydrogens (tertiary/aromatic N) is 1. The molecule has 1 atom stereocenters. The van der Waals surface area contributed by atoms with Crippen LogP contribution in [0.3, 0.4) is 0 Å². The number of hydrogen-bond acceptors (Lipinski definition) is 5. The van der Waals surface area contributed by atoms with Crippen LogP contribution in [0.1, 0.15) is 28.4 Å². The minimum atomic E-state index is -0.588. The summed E-state index contributed by atoms with van der Waals surface area (Å²) in [6.07, 6.45) is 0.161. The second-order valence-electron chi connectivity index (χ2n) is 8.07. The molecule has 0 aromatic heterocycles. The minimum absolute atomic E-state index is 0.0588. The van der Waals surface area contributed by atoms with Gasteiger partial charge in [0.15, 0.2) is 6.10 Å². The Hall–Kier alpha value is -4.00. The SMILES string of the molecule is COc1cccc(OC)c1C(=O)Nc1ccc2c(c1)CN(CCc1ccccc1)C(=O)[C@H](C)O2. The summed E-state index contributed by atoms with van der Waals surface area (Å²) < 4.78 is 16.6. The largest absolute Gasteiger partial charge is 0.496 e. The van der Waals surface area contributed by atoms with Gasteiger partial charge in [-0.2, -0.15) is 0 Å². The van der Waals surface area contributed by atoms with Crippen LogP contribution in [-0.4, -0.2) is 43.6 Å². The van der Waals surface area contributed by atoms with E-state index in [0.717, 1.165) is 12.0 Å². The number of amides is 2. The molecule has 0 radical (unpaired) electrons. The molecule has 1 heterocycles. The number of ether oxygens (including phenoxy) is 3. The van der Waals surface area contributed by atoms with Gasteiger partial charge in [-0.25, -0.2) is 0 Å². The fourth-order valence-electron chi connectivity index (χ4n) is 4.04. The molecule has 0 bridgehead atoms. The van der Waals surface area contributed by atoms with Crippen molar-refractivity contribution in [3.05, 3.63) is 83.4 Å². The second kappa shape index (κ2) is 10.3. The van der Waals surface area contributed by atoms with E-state index in [2.05, 4.69) is 17.4 Å². The average Bonchev–Trinajstić information content (AvgIpc) is 2.98. The quantitative estimate of drug-likeness (QED) is 0.569. The van der Waals surface area contributed by atoms with Crippen molar-refractivity contribution >= 4 is 17.5 Å². The zero-order valence-corrected chi connectivity index (χ0v) is 19.5. The van der Waals surface area contributed by atoms with Crippen LogP contribution < -0.4 is 19.5 Å². The number of hydrogen-bond donors (Lipinski definition) is 1. The normalized spacial score (nSPS) is 15.1. The van der Waals surface area contributed by atoms with Gasteiger partial charge in [0, 0.05) is 24.3 Å². The maximum absolute atomic E-state index is 13.1. The monoisotopic (exact) mass is 460 g/mol. The molecular weight excluding hydrogens is 432 g/mol. The lowest BCUT2D eigenvalue weighted by atomic mass is 10.1. The molecule has 3 aromatic carbocycles. The van der Waals surface area contributed by atoms with E-state index >= 15 is 0 Å². The number of benzene rings is 3. The number of anilines is 1. The molecule has 0 aliphatic carbocycles. The standard InChI is InChI=1S/C27H28N2O5/c1-18-27(31)29(15-14-19-8-5-4-6-9-19)17-20-16-21(12-13-22(20)34-18)28-26(30)25-23(32-2)10-7-11-24(25)33-3/h4-13,16,18H,14-15,17H2,1-3H3,(H,28,30)/t18-/m0/s1. The molecule has 3 aromatic rings. The Bertz CT molecular complexity index is 1160. The van der Waals surface area contributed by atoms with Crippen molar-refractivity contribution < 1.29 is 23.8 Å². The van der Waals surface area contributed by atoms with E-state index in [1.165, 1.54) is 19.8 Å². The lowest BCUT2D eigenvalue weighted by Crippen LogP contribution is -2.39. The lowest BCUT2D eigenvalue weighted by molar-refractivity contribution is -0.137. The highest BCUT2D eigenvalue weighted by molar-refractivity contribution is 6.08. The van der Waals surface area contributed by atoms with Crippen LogP contribution in [0.25, 0.3) is 0 Å². The molecule has 7 heteroatoms. The third kappa shape index (κ3) is 4.98. The molecule has 0 saturated carbocycles. The van der Waals surface area contributed by atoms with E-state index in [4.69, 9.17) is 14.2 Å². The molecule has 0 fully saturated rings. The average molecular weight is 461 g/mol. The molecule has 1 aliphatic heterocycles. The van der Waals surface area contributed by atoms with Gasteiger partial charge in [-0.1, -0.05) is 36.4 Å². The third-order valence-corrected chi connectivity index (χ3v) is 5.81. The topological polar surface area (TPSA) is 77.1 Å². The molecule has 1 N–H and O–H groups in total. The van der Waals surface area contributed by atoms with Crippen molar-refractivity contribution in [3.63, 3.8) is 0 Å². The first-order valence-corrected chi connectivity index (χ1v) is 11.1. The molecule has 4 rings (SSSR count). The summed E-state index contributed by atoms with van der Waals surface area (Å²) in [5, 5.41) is 2.92. The van der Waals surface area contributed by atoms with Crippen molar-refractivity contribution in [1.29, 1.82) is 0 Å². The van der Waals surface area contributed by atoms with E-state index in [-0.39, 0.29) is 11.8 Å². The molecule has 0 unspecified atom stereocenters. The molecular formula is C27H28N2O5. The number of fused-ring (bicyclic) bond motifs is 1. The van der Waals surface area contributed by atoms with Gasteiger partial charge in [0.05, 0.1) is 14.2 Å². The van der Waals surface area contributed by atoms with Crippen LogP contribution in [0.4, 0.5) is 5.69 Å². The fourth-order valence-corrected chi connectivity index (χ4v) is 4.04. The van der Waals surface area contributed by atoms with Crippen molar-refractivity contribution in [2.75, 3.05) is 26.1 Å². The highest BCUT2D eigenvalue weighted by atomic mass is 16.5. The lowest BCUT2D eigenvalue weighted by Gasteiger charge is -2.22. The Morgan fingerprint density at radius 3 is 2.41 bits per heavy atom. The molecule has 34 heavy (non-hydrogen) atoms. The van der Waals surface area contributed by atoms with Crippen LogP contribution in [-0.2, 0) is 17.8 Å². The Labute approximate surface area is 199 Å². The Balaban J connectivity index is 1.55. The first kappa shape index (κ1) is 23.2. The molecule has 0 saturated heterocycles. The minimum Gasteiger partial charge on any atom is -0.496 e. The van der Waals surface area contributed by atoms with Crippen LogP contribution >= 0.6 is 0 Å². The predicted octanol–water partition coefficient (Wildman–Crippen LogP) is 4.31. The van der Waals surface area contributed by atoms with Crippen LogP contribution in [0.5, 0.6) is 17.2 Å². The molecule has 0 spiro atoms. The first-order chi connectivity index (χ1) is 16.5. The van der Waals surface area contributed by atoms with Crippen molar-refractivity contribution in [1.82, 2.24) is 4.90 Å². The van der Waals surface area contributed by atoms with Gasteiger partial charge in [0.25, 0.3) is 11.8 Å². The van der Waals surface area contributed by atoms with E-state index in [1.54, 1.807) is 42.2 Å². The summed E-state index contributed by atoms with van der Waals surface area (Å²) in [7, 11) is 3.01. The Kier molecular flexibility index (Phi) is 7.01. The van der Waals surface area contributed by atoms with Gasteiger partial charge in [0.1, 0.15) is 22.8 Å². The summed E-state index contributed by atoms with van der Waals surface area (Å²) in [5.41, 5.74) is 2.90. The summed E-state index contributed by atoms with van der Waals surface area (Å²) >= 11 is 0. The van der Waals surface area contributed by atoms with Gasteiger partial charge >= 0.3 is 0 Å². The summed E-state index contributed by atoms with van der Waals surface area (Å²) in [6.45, 7) is 2.73. The summed E-state index contributed by atoms with van der Waals surface area (Å²) in [6, 6.07) is 20.6. The molecule has 7 nitrogen and oxygen atoms in total. The Morgan fingerprint density at radius 1 is 1.03 bits per heavy atom. The van der Waals surface area contributed by atoms with E-state index in [0.29, 0.717) is 41.6 Å². The fraction of sp³-hybridized carbons (Fsp3) is 0.259. The van der Waals surface area contributed by atoms with Crippen molar-refractivity contribution in [2.24, 2.45) is 0 Å². The summed E-state index contributed by atoms with van der Waals surface area (Å²) in [4.78, 5) is 27.8. The van der Waals surface area contributed by atoms with Crippen molar-refractivity contribution in [3.8, 4) is 17.2 Å². The first-order valence-electron chi connectivity index (χ1n) is 11.1. The number of methoxy groups -OCH3 is 2. The third-order valence-electron chi connectivity index (χ3n) is 5.81. The zero-order valence-electron chi connectivity index (χ0n) is 19.5. The number of carbonyl (C=O) groups is 2. The van der Waals surface area contributed by atoms with E-state index in [1.807, 2.05) is 24.3 Å². The molecule has 1 aliphatic rings. The number of rotatable bonds is 7. The van der Waals surface area contributed by atoms with Gasteiger partial charge < -0.3 is 24.4 Å². The van der Waals surface area contributed by atoms with Crippen LogP contribution in [0, 0.1) is 0 Å². The van der Waals surface area contributed by atoms with Crippen LogP contribution in [0.15, 0.2) is 66.7 Å². The summed E-state index contributed by atoms with van der Waals surface area (Å²) in [5.74, 6) is 1.06. The number of nitrogens with one attached hydrogen (secondary N) is 1. The Morgan fingerprint density at radius 2 is 1.74 bits per heavy atom. The van der Waals surface area contributed by atoms with Gasteiger partial charge in [-0.3, -0.25) is 9.59 Å². The number of carbonyl (C=O) groups excluding carboxylic acids is 2. The highest BCUT2D eigenvalue weighted by Crippen LogP contribution is 2.31. The maximum atomic E-state index is 13.1. The van der Waals surface area contributed by atoms with Gasteiger partial charge in [-0.15, -0.1) is 0 Å². The molecule has 2 amide bonds. The van der Waals surface area contributed by atoms with Gasteiger partial charge in [0.2, 0.25) is 0 Å². The van der Waals surface area contributed by atoms with Crippen molar-refractivity contribution in [2.45, 2.75) is 26.0 Å².